The molecule has 0 aliphatic carbocycles. The number of halogens is 1. The molecule has 0 bridgehead atoms. The summed E-state index contributed by atoms with van der Waals surface area (Å²) >= 11 is 3.13. The third-order valence-corrected chi connectivity index (χ3v) is 3.20. The number of anilines is 1. The predicted molar refractivity (Wildman–Crippen MR) is 61.2 cm³/mol. The maximum absolute atomic E-state index is 9.78. The van der Waals surface area contributed by atoms with Crippen LogP contribution in [0.25, 0.3) is 0 Å². The number of aromatic nitrogens is 1. The van der Waals surface area contributed by atoms with Gasteiger partial charge in [-0.15, -0.1) is 0 Å². The number of hydrogen-bond acceptors (Lipinski definition) is 4. The fourth-order valence-electron chi connectivity index (χ4n) is 1.66. The van der Waals surface area contributed by atoms with E-state index in [-0.39, 0.29) is 0 Å². The summed E-state index contributed by atoms with van der Waals surface area (Å²) in [5.41, 5.74) is 1.78. The number of rotatable bonds is 3. The molecule has 2 atom stereocenters. The number of fused-ring (bicyclic) bond motifs is 1. The second-order valence-electron chi connectivity index (χ2n) is 3.62. The maximum atomic E-state index is 9.78. The van der Waals surface area contributed by atoms with E-state index in [2.05, 4.69) is 26.2 Å². The summed E-state index contributed by atoms with van der Waals surface area (Å²) in [6.45, 7) is 0.892. The quantitative estimate of drug-likeness (QED) is 0.714. The lowest BCUT2D eigenvalue weighted by Gasteiger charge is -2.16. The van der Waals surface area contributed by atoms with Gasteiger partial charge in [-0.2, -0.15) is 0 Å². The van der Waals surface area contributed by atoms with Gasteiger partial charge < -0.3 is 15.5 Å². The first-order valence-corrected chi connectivity index (χ1v) is 5.99. The van der Waals surface area contributed by atoms with Gasteiger partial charge in [-0.05, 0) is 18.1 Å². The summed E-state index contributed by atoms with van der Waals surface area (Å²) in [6, 6.07) is 1.90. The molecule has 15 heavy (non-hydrogen) atoms. The fraction of sp³-hybridized carbons (Fsp3) is 0.500. The second-order valence-corrected chi connectivity index (χ2v) is 4.27. The van der Waals surface area contributed by atoms with Gasteiger partial charge in [-0.3, -0.25) is 0 Å². The van der Waals surface area contributed by atoms with Crippen molar-refractivity contribution in [3.63, 3.8) is 0 Å². The topological polar surface area (TPSA) is 65.4 Å². The molecule has 1 aromatic heterocycles. The molecule has 0 saturated carbocycles. The molecule has 0 spiro atoms. The lowest BCUT2D eigenvalue weighted by Crippen LogP contribution is -2.19. The normalized spacial score (nSPS) is 18.1. The monoisotopic (exact) mass is 272 g/mol. The molecule has 3 N–H and O–H groups in total. The smallest absolute Gasteiger partial charge is 0.129 e. The Balaban J connectivity index is 2.22. The highest BCUT2D eigenvalue weighted by atomic mass is 79.9. The van der Waals surface area contributed by atoms with E-state index in [1.807, 2.05) is 6.07 Å². The molecule has 4 nitrogen and oxygen atoms in total. The number of aliphatic hydroxyl groups excluding tert-OH is 2. The molecule has 2 heterocycles. The SMILES string of the molecule is OC(CBr)C(O)c1cnc2c(c1)CCN2. The van der Waals surface area contributed by atoms with Crippen LogP contribution in [0.15, 0.2) is 12.3 Å². The lowest BCUT2D eigenvalue weighted by atomic mass is 10.1. The van der Waals surface area contributed by atoms with E-state index in [4.69, 9.17) is 0 Å². The third kappa shape index (κ3) is 2.14. The van der Waals surface area contributed by atoms with E-state index >= 15 is 0 Å². The highest BCUT2D eigenvalue weighted by Crippen LogP contribution is 2.24. The van der Waals surface area contributed by atoms with Gasteiger partial charge in [-0.25, -0.2) is 4.98 Å². The van der Waals surface area contributed by atoms with Gasteiger partial charge in [0.1, 0.15) is 11.9 Å². The van der Waals surface area contributed by atoms with Gasteiger partial charge in [0.25, 0.3) is 0 Å². The highest BCUT2D eigenvalue weighted by Gasteiger charge is 2.20. The molecule has 2 rings (SSSR count). The van der Waals surface area contributed by atoms with Gasteiger partial charge in [-0.1, -0.05) is 15.9 Å². The zero-order chi connectivity index (χ0) is 10.8. The van der Waals surface area contributed by atoms with Crippen molar-refractivity contribution < 1.29 is 10.2 Å². The molecule has 82 valence electrons. The van der Waals surface area contributed by atoms with E-state index in [0.29, 0.717) is 10.9 Å². The Morgan fingerprint density at radius 1 is 1.53 bits per heavy atom. The Labute approximate surface area is 96.5 Å². The standard InChI is InChI=1S/C10H13BrN2O2/c11-4-8(14)9(15)7-3-6-1-2-12-10(6)13-5-7/h3,5,8-9,14-15H,1-2,4H2,(H,12,13). The second kappa shape index (κ2) is 4.47. The number of aliphatic hydroxyl groups is 2. The minimum Gasteiger partial charge on any atom is -0.389 e. The van der Waals surface area contributed by atoms with Crippen LogP contribution in [0, 0.1) is 0 Å². The fourth-order valence-corrected chi connectivity index (χ4v) is 2.02. The summed E-state index contributed by atoms with van der Waals surface area (Å²) in [7, 11) is 0. The molecule has 2 unspecified atom stereocenters. The van der Waals surface area contributed by atoms with Crippen molar-refractivity contribution in [1.82, 2.24) is 4.98 Å². The van der Waals surface area contributed by atoms with Crippen LogP contribution < -0.4 is 5.32 Å². The minimum absolute atomic E-state index is 0.351. The largest absolute Gasteiger partial charge is 0.389 e. The van der Waals surface area contributed by atoms with E-state index in [9.17, 15) is 10.2 Å². The van der Waals surface area contributed by atoms with Crippen molar-refractivity contribution in [1.29, 1.82) is 0 Å². The molecule has 1 aromatic rings. The Morgan fingerprint density at radius 3 is 3.07 bits per heavy atom. The average molecular weight is 273 g/mol. The van der Waals surface area contributed by atoms with Gasteiger partial charge in [0.05, 0.1) is 6.10 Å². The van der Waals surface area contributed by atoms with Crippen molar-refractivity contribution >= 4 is 21.7 Å². The maximum Gasteiger partial charge on any atom is 0.129 e. The van der Waals surface area contributed by atoms with E-state index < -0.39 is 12.2 Å². The van der Waals surface area contributed by atoms with Crippen LogP contribution in [0.4, 0.5) is 5.82 Å². The van der Waals surface area contributed by atoms with E-state index in [1.165, 1.54) is 0 Å². The van der Waals surface area contributed by atoms with Crippen molar-refractivity contribution in [2.45, 2.75) is 18.6 Å². The van der Waals surface area contributed by atoms with Crippen LogP contribution >= 0.6 is 15.9 Å². The number of nitrogens with zero attached hydrogens (tertiary/aromatic N) is 1. The Kier molecular flexibility index (Phi) is 3.23. The zero-order valence-corrected chi connectivity index (χ0v) is 9.74. The zero-order valence-electron chi connectivity index (χ0n) is 8.15. The number of nitrogens with one attached hydrogen (secondary N) is 1. The molecule has 0 radical (unpaired) electrons. The van der Waals surface area contributed by atoms with Crippen molar-refractivity contribution in [2.24, 2.45) is 0 Å². The number of pyridine rings is 1. The lowest BCUT2D eigenvalue weighted by molar-refractivity contribution is 0.0340. The molecule has 0 amide bonds. The van der Waals surface area contributed by atoms with Crippen LogP contribution in [0.5, 0.6) is 0 Å². The first-order chi connectivity index (χ1) is 7.22. The summed E-state index contributed by atoms with van der Waals surface area (Å²) in [4.78, 5) is 4.20. The summed E-state index contributed by atoms with van der Waals surface area (Å²) in [5, 5.41) is 22.8. The molecular weight excluding hydrogens is 260 g/mol. The van der Waals surface area contributed by atoms with Gasteiger partial charge in [0.15, 0.2) is 0 Å². The van der Waals surface area contributed by atoms with Gasteiger partial charge in [0, 0.05) is 23.6 Å². The molecule has 1 aliphatic rings. The molecule has 1 aliphatic heterocycles. The average Bonchev–Trinajstić information content (AvgIpc) is 2.73. The van der Waals surface area contributed by atoms with Crippen LogP contribution in [0.2, 0.25) is 0 Å². The summed E-state index contributed by atoms with van der Waals surface area (Å²) in [5.74, 6) is 0.888. The van der Waals surface area contributed by atoms with E-state index in [1.54, 1.807) is 6.20 Å². The van der Waals surface area contributed by atoms with Crippen molar-refractivity contribution in [3.8, 4) is 0 Å². The van der Waals surface area contributed by atoms with Crippen LogP contribution in [-0.4, -0.2) is 33.2 Å². The highest BCUT2D eigenvalue weighted by molar-refractivity contribution is 9.09. The third-order valence-electron chi connectivity index (χ3n) is 2.54. The van der Waals surface area contributed by atoms with Crippen molar-refractivity contribution in [3.05, 3.63) is 23.4 Å². The predicted octanol–water partition coefficient (Wildman–Crippen LogP) is 0.839. The number of alkyl halides is 1. The van der Waals surface area contributed by atoms with Gasteiger partial charge >= 0.3 is 0 Å². The minimum atomic E-state index is -0.872. The Bertz CT molecular complexity index is 359. The molecule has 0 aromatic carbocycles. The van der Waals surface area contributed by atoms with E-state index in [0.717, 1.165) is 24.3 Å². The van der Waals surface area contributed by atoms with Gasteiger partial charge in [0.2, 0.25) is 0 Å². The van der Waals surface area contributed by atoms with Crippen LogP contribution in [0.3, 0.4) is 0 Å². The van der Waals surface area contributed by atoms with Crippen molar-refractivity contribution in [2.75, 3.05) is 17.2 Å². The molecular formula is C10H13BrN2O2. The number of hydrogen-bond donors (Lipinski definition) is 3. The first-order valence-electron chi connectivity index (χ1n) is 4.87. The Morgan fingerprint density at radius 2 is 2.33 bits per heavy atom. The Hall–Kier alpha value is -0.650. The molecule has 0 fully saturated rings. The first kappa shape index (κ1) is 10.9. The molecule has 5 heteroatoms. The summed E-state index contributed by atoms with van der Waals surface area (Å²) in [6.07, 6.45) is 0.864. The molecule has 0 saturated heterocycles. The van der Waals surface area contributed by atoms with Crippen LogP contribution in [0.1, 0.15) is 17.2 Å². The summed E-state index contributed by atoms with van der Waals surface area (Å²) < 4.78 is 0. The van der Waals surface area contributed by atoms with Crippen LogP contribution in [-0.2, 0) is 6.42 Å².